The van der Waals surface area contributed by atoms with Crippen molar-refractivity contribution in [3.63, 3.8) is 0 Å². The molecule has 0 atom stereocenters. The molecule has 2 amide bonds. The second-order valence-electron chi connectivity index (χ2n) is 5.76. The summed E-state index contributed by atoms with van der Waals surface area (Å²) in [6.45, 7) is 1.85. The van der Waals surface area contributed by atoms with Crippen LogP contribution in [-0.4, -0.2) is 66.3 Å². The van der Waals surface area contributed by atoms with E-state index in [9.17, 15) is 13.2 Å². The molecule has 8 nitrogen and oxygen atoms in total. The van der Waals surface area contributed by atoms with Gasteiger partial charge in [-0.2, -0.15) is 4.31 Å². The molecule has 0 radical (unpaired) electrons. The predicted molar refractivity (Wildman–Crippen MR) is 92.5 cm³/mol. The van der Waals surface area contributed by atoms with Crippen molar-refractivity contribution in [2.75, 3.05) is 32.7 Å². The summed E-state index contributed by atoms with van der Waals surface area (Å²) in [6.07, 6.45) is 4.00. The molecule has 2 N–H and O–H groups in total. The van der Waals surface area contributed by atoms with E-state index in [0.29, 0.717) is 39.1 Å². The van der Waals surface area contributed by atoms with Crippen LogP contribution < -0.4 is 5.32 Å². The van der Waals surface area contributed by atoms with Gasteiger partial charge in [0.05, 0.1) is 11.2 Å². The van der Waals surface area contributed by atoms with Crippen LogP contribution >= 0.6 is 0 Å². The molecule has 0 saturated carbocycles. The number of benzene rings is 1. The number of amides is 2. The summed E-state index contributed by atoms with van der Waals surface area (Å²) in [5, 5.41) is 2.85. The monoisotopic (exact) mass is 363 g/mol. The van der Waals surface area contributed by atoms with E-state index in [2.05, 4.69) is 15.3 Å². The summed E-state index contributed by atoms with van der Waals surface area (Å²) < 4.78 is 26.6. The highest BCUT2D eigenvalue weighted by atomic mass is 32.2. The smallest absolute Gasteiger partial charge is 0.317 e. The van der Waals surface area contributed by atoms with E-state index in [4.69, 9.17) is 0 Å². The van der Waals surface area contributed by atoms with E-state index < -0.39 is 10.0 Å². The van der Waals surface area contributed by atoms with Gasteiger partial charge in [0.2, 0.25) is 10.0 Å². The Morgan fingerprint density at radius 3 is 2.52 bits per heavy atom. The third-order valence-corrected chi connectivity index (χ3v) is 6.05. The van der Waals surface area contributed by atoms with Crippen molar-refractivity contribution in [3.05, 3.63) is 48.5 Å². The van der Waals surface area contributed by atoms with Gasteiger partial charge in [-0.05, 0) is 12.1 Å². The summed E-state index contributed by atoms with van der Waals surface area (Å²) in [6, 6.07) is 8.20. The molecule has 0 unspecified atom stereocenters. The van der Waals surface area contributed by atoms with Crippen molar-refractivity contribution in [2.45, 2.75) is 11.3 Å². The molecule has 1 aromatic heterocycles. The lowest BCUT2D eigenvalue weighted by Gasteiger charge is -2.34. The van der Waals surface area contributed by atoms with Crippen LogP contribution in [0.1, 0.15) is 5.69 Å². The Morgan fingerprint density at radius 1 is 1.16 bits per heavy atom. The Kier molecular flexibility index (Phi) is 5.34. The lowest BCUT2D eigenvalue weighted by atomic mass is 10.3. The maximum atomic E-state index is 12.6. The van der Waals surface area contributed by atoms with E-state index in [0.717, 1.165) is 5.69 Å². The highest BCUT2D eigenvalue weighted by molar-refractivity contribution is 7.89. The molecule has 0 spiro atoms. The molecule has 134 valence electrons. The van der Waals surface area contributed by atoms with Gasteiger partial charge in [-0.1, -0.05) is 18.2 Å². The van der Waals surface area contributed by atoms with Crippen LogP contribution in [0.15, 0.2) is 47.8 Å². The molecule has 0 bridgehead atoms. The Balaban J connectivity index is 1.49. The van der Waals surface area contributed by atoms with Gasteiger partial charge in [0.15, 0.2) is 0 Å². The van der Waals surface area contributed by atoms with Gasteiger partial charge in [0.1, 0.15) is 0 Å². The minimum Gasteiger partial charge on any atom is -0.348 e. The van der Waals surface area contributed by atoms with Gasteiger partial charge in [-0.15, -0.1) is 0 Å². The van der Waals surface area contributed by atoms with Crippen molar-refractivity contribution >= 4 is 16.1 Å². The number of imidazole rings is 1. The minimum atomic E-state index is -3.49. The lowest BCUT2D eigenvalue weighted by Crippen LogP contribution is -2.53. The Labute approximate surface area is 146 Å². The zero-order valence-electron chi connectivity index (χ0n) is 13.8. The Morgan fingerprint density at radius 2 is 1.88 bits per heavy atom. The highest BCUT2D eigenvalue weighted by Gasteiger charge is 2.29. The maximum Gasteiger partial charge on any atom is 0.317 e. The fourth-order valence-corrected chi connectivity index (χ4v) is 4.15. The average Bonchev–Trinajstić information content (AvgIpc) is 3.16. The number of rotatable bonds is 5. The molecule has 3 rings (SSSR count). The van der Waals surface area contributed by atoms with E-state index in [1.165, 1.54) is 4.31 Å². The number of aromatic nitrogens is 2. The first-order valence-corrected chi connectivity index (χ1v) is 9.56. The second kappa shape index (κ2) is 7.66. The predicted octanol–water partition coefficient (Wildman–Crippen LogP) is 0.668. The normalized spacial score (nSPS) is 15.9. The van der Waals surface area contributed by atoms with Crippen LogP contribution in [-0.2, 0) is 16.4 Å². The zero-order valence-corrected chi connectivity index (χ0v) is 14.6. The fourth-order valence-electron chi connectivity index (χ4n) is 2.71. The van der Waals surface area contributed by atoms with Gasteiger partial charge >= 0.3 is 6.03 Å². The number of aromatic amines is 1. The summed E-state index contributed by atoms with van der Waals surface area (Å²) in [7, 11) is -3.49. The molecular formula is C16H21N5O3S. The van der Waals surface area contributed by atoms with E-state index >= 15 is 0 Å². The first kappa shape index (κ1) is 17.4. The topological polar surface area (TPSA) is 98.4 Å². The van der Waals surface area contributed by atoms with Crippen LogP contribution in [0.3, 0.4) is 0 Å². The summed E-state index contributed by atoms with van der Waals surface area (Å²) in [5.74, 6) is 0. The first-order valence-electron chi connectivity index (χ1n) is 8.12. The zero-order chi connectivity index (χ0) is 17.7. The summed E-state index contributed by atoms with van der Waals surface area (Å²) >= 11 is 0. The number of hydrogen-bond donors (Lipinski definition) is 2. The molecule has 2 aromatic rings. The molecule has 1 aliphatic heterocycles. The third kappa shape index (κ3) is 4.18. The van der Waals surface area contributed by atoms with Crippen LogP contribution in [0.2, 0.25) is 0 Å². The molecule has 1 fully saturated rings. The minimum absolute atomic E-state index is 0.170. The van der Waals surface area contributed by atoms with Gasteiger partial charge in [0, 0.05) is 51.0 Å². The van der Waals surface area contributed by atoms with Crippen molar-refractivity contribution in [3.8, 4) is 0 Å². The van der Waals surface area contributed by atoms with E-state index in [-0.39, 0.29) is 10.9 Å². The number of carbonyl (C=O) groups excluding carboxylic acids is 1. The number of carbonyl (C=O) groups is 1. The molecule has 9 heteroatoms. The van der Waals surface area contributed by atoms with Gasteiger partial charge in [0.25, 0.3) is 0 Å². The number of nitrogens with one attached hydrogen (secondary N) is 2. The Bertz CT molecular complexity index is 784. The van der Waals surface area contributed by atoms with Crippen molar-refractivity contribution < 1.29 is 13.2 Å². The second-order valence-corrected chi connectivity index (χ2v) is 7.70. The SMILES string of the molecule is O=C(NCCc1cnc[nH]1)N1CCN(S(=O)(=O)c2ccccc2)CC1. The fraction of sp³-hybridized carbons (Fsp3) is 0.375. The summed E-state index contributed by atoms with van der Waals surface area (Å²) in [5.41, 5.74) is 0.957. The summed E-state index contributed by atoms with van der Waals surface area (Å²) in [4.78, 5) is 21.0. The largest absolute Gasteiger partial charge is 0.348 e. The number of piperazine rings is 1. The van der Waals surface area contributed by atoms with Crippen molar-refractivity contribution in [1.29, 1.82) is 0 Å². The van der Waals surface area contributed by atoms with Crippen LogP contribution in [0.4, 0.5) is 4.79 Å². The highest BCUT2D eigenvalue weighted by Crippen LogP contribution is 2.17. The van der Waals surface area contributed by atoms with Crippen LogP contribution in [0.5, 0.6) is 0 Å². The standard InChI is InChI=1S/C16H21N5O3S/c22-16(18-7-6-14-12-17-13-19-14)20-8-10-21(11-9-20)25(23,24)15-4-2-1-3-5-15/h1-5,12-13H,6-11H2,(H,17,19)(H,18,22). The Hall–Kier alpha value is -2.39. The van der Waals surface area contributed by atoms with E-state index in [1.807, 2.05) is 0 Å². The number of H-pyrrole nitrogens is 1. The van der Waals surface area contributed by atoms with Gasteiger partial charge in [-0.3, -0.25) is 0 Å². The molecule has 0 aliphatic carbocycles. The van der Waals surface area contributed by atoms with Crippen LogP contribution in [0, 0.1) is 0 Å². The molecular weight excluding hydrogens is 342 g/mol. The molecule has 1 aliphatic rings. The van der Waals surface area contributed by atoms with Crippen LogP contribution in [0.25, 0.3) is 0 Å². The van der Waals surface area contributed by atoms with Gasteiger partial charge < -0.3 is 15.2 Å². The first-order chi connectivity index (χ1) is 12.1. The van der Waals surface area contributed by atoms with Crippen molar-refractivity contribution in [1.82, 2.24) is 24.5 Å². The average molecular weight is 363 g/mol. The quantitative estimate of drug-likeness (QED) is 0.816. The molecule has 25 heavy (non-hydrogen) atoms. The molecule has 1 saturated heterocycles. The molecule has 1 aromatic carbocycles. The third-order valence-electron chi connectivity index (χ3n) is 4.13. The number of urea groups is 1. The van der Waals surface area contributed by atoms with Crippen molar-refractivity contribution in [2.24, 2.45) is 0 Å². The number of sulfonamides is 1. The molecule has 2 heterocycles. The lowest BCUT2D eigenvalue weighted by molar-refractivity contribution is 0.172. The maximum absolute atomic E-state index is 12.6. The van der Waals surface area contributed by atoms with E-state index in [1.54, 1.807) is 47.8 Å². The number of hydrogen-bond acceptors (Lipinski definition) is 4. The van der Waals surface area contributed by atoms with Gasteiger partial charge in [-0.25, -0.2) is 18.2 Å². The number of nitrogens with zero attached hydrogens (tertiary/aromatic N) is 3.